The number of anilines is 1. The van der Waals surface area contributed by atoms with Crippen molar-refractivity contribution in [3.63, 3.8) is 0 Å². The van der Waals surface area contributed by atoms with Crippen LogP contribution in [0, 0.1) is 5.82 Å². The Labute approximate surface area is 124 Å². The number of aromatic nitrogens is 1. The third-order valence-electron chi connectivity index (χ3n) is 3.68. The SMILES string of the molecule is CN(Cc1cccc(F)c1)c1ccc(CNC2CC2)cn1. The Morgan fingerprint density at radius 2 is 2.10 bits per heavy atom. The lowest BCUT2D eigenvalue weighted by Gasteiger charge is -2.18. The molecule has 0 atom stereocenters. The van der Waals surface area contributed by atoms with Crippen molar-refractivity contribution in [2.75, 3.05) is 11.9 Å². The highest BCUT2D eigenvalue weighted by molar-refractivity contribution is 5.39. The van der Waals surface area contributed by atoms with Crippen LogP contribution in [0.4, 0.5) is 10.2 Å². The first-order valence-electron chi connectivity index (χ1n) is 7.34. The van der Waals surface area contributed by atoms with Crippen LogP contribution in [0.2, 0.25) is 0 Å². The second kappa shape index (κ2) is 6.22. The average Bonchev–Trinajstić information content (AvgIpc) is 3.30. The molecule has 3 nitrogen and oxygen atoms in total. The van der Waals surface area contributed by atoms with E-state index in [0.29, 0.717) is 12.6 Å². The zero-order chi connectivity index (χ0) is 14.7. The summed E-state index contributed by atoms with van der Waals surface area (Å²) in [6, 6.07) is 11.5. The van der Waals surface area contributed by atoms with Crippen LogP contribution < -0.4 is 10.2 Å². The minimum Gasteiger partial charge on any atom is -0.355 e. The van der Waals surface area contributed by atoms with Gasteiger partial charge in [-0.05, 0) is 42.2 Å². The van der Waals surface area contributed by atoms with Crippen molar-refractivity contribution in [2.24, 2.45) is 0 Å². The van der Waals surface area contributed by atoms with Crippen molar-refractivity contribution in [3.8, 4) is 0 Å². The minimum absolute atomic E-state index is 0.199. The molecule has 1 aliphatic rings. The molecule has 0 bridgehead atoms. The summed E-state index contributed by atoms with van der Waals surface area (Å²) in [4.78, 5) is 6.51. The summed E-state index contributed by atoms with van der Waals surface area (Å²) in [5, 5.41) is 3.47. The van der Waals surface area contributed by atoms with E-state index in [-0.39, 0.29) is 5.82 Å². The summed E-state index contributed by atoms with van der Waals surface area (Å²) in [5.41, 5.74) is 2.14. The van der Waals surface area contributed by atoms with Crippen LogP contribution in [0.5, 0.6) is 0 Å². The Morgan fingerprint density at radius 3 is 2.76 bits per heavy atom. The van der Waals surface area contributed by atoms with Gasteiger partial charge in [-0.2, -0.15) is 0 Å². The van der Waals surface area contributed by atoms with Crippen molar-refractivity contribution in [1.29, 1.82) is 0 Å². The summed E-state index contributed by atoms with van der Waals surface area (Å²) in [5.74, 6) is 0.699. The highest BCUT2D eigenvalue weighted by Crippen LogP contribution is 2.19. The lowest BCUT2D eigenvalue weighted by molar-refractivity contribution is 0.625. The molecule has 1 fully saturated rings. The highest BCUT2D eigenvalue weighted by Gasteiger charge is 2.19. The zero-order valence-electron chi connectivity index (χ0n) is 12.2. The molecule has 1 aliphatic carbocycles. The average molecular weight is 285 g/mol. The maximum atomic E-state index is 13.2. The first kappa shape index (κ1) is 14.0. The van der Waals surface area contributed by atoms with E-state index in [4.69, 9.17) is 0 Å². The molecule has 0 radical (unpaired) electrons. The molecular weight excluding hydrogens is 265 g/mol. The minimum atomic E-state index is -0.199. The number of pyridine rings is 1. The summed E-state index contributed by atoms with van der Waals surface area (Å²) in [6.45, 7) is 1.52. The van der Waals surface area contributed by atoms with Gasteiger partial charge < -0.3 is 10.2 Å². The van der Waals surface area contributed by atoms with Crippen molar-refractivity contribution in [1.82, 2.24) is 10.3 Å². The van der Waals surface area contributed by atoms with E-state index in [0.717, 1.165) is 17.9 Å². The number of benzene rings is 1. The summed E-state index contributed by atoms with van der Waals surface area (Å²) >= 11 is 0. The van der Waals surface area contributed by atoms with E-state index < -0.39 is 0 Å². The summed E-state index contributed by atoms with van der Waals surface area (Å²) < 4.78 is 13.2. The standard InChI is InChI=1S/C17H20FN3/c1-21(12-13-3-2-4-15(18)9-13)17-8-5-14(11-20-17)10-19-16-6-7-16/h2-5,8-9,11,16,19H,6-7,10,12H2,1H3. The third-order valence-corrected chi connectivity index (χ3v) is 3.68. The molecule has 2 aromatic rings. The van der Waals surface area contributed by atoms with Gasteiger partial charge in [-0.3, -0.25) is 0 Å². The van der Waals surface area contributed by atoms with Crippen LogP contribution in [0.1, 0.15) is 24.0 Å². The van der Waals surface area contributed by atoms with Gasteiger partial charge in [-0.1, -0.05) is 18.2 Å². The molecule has 3 rings (SSSR count). The van der Waals surface area contributed by atoms with E-state index in [2.05, 4.69) is 16.4 Å². The predicted octanol–water partition coefficient (Wildman–Crippen LogP) is 3.11. The van der Waals surface area contributed by atoms with Crippen molar-refractivity contribution < 1.29 is 4.39 Å². The van der Waals surface area contributed by atoms with Gasteiger partial charge in [0.05, 0.1) is 0 Å². The highest BCUT2D eigenvalue weighted by atomic mass is 19.1. The fraction of sp³-hybridized carbons (Fsp3) is 0.353. The van der Waals surface area contributed by atoms with Crippen LogP contribution in [-0.4, -0.2) is 18.1 Å². The molecule has 1 aromatic heterocycles. The van der Waals surface area contributed by atoms with Gasteiger partial charge in [0.2, 0.25) is 0 Å². The van der Waals surface area contributed by atoms with E-state index in [9.17, 15) is 4.39 Å². The zero-order valence-corrected chi connectivity index (χ0v) is 12.2. The van der Waals surface area contributed by atoms with Gasteiger partial charge in [-0.15, -0.1) is 0 Å². The third kappa shape index (κ3) is 4.02. The van der Waals surface area contributed by atoms with Gasteiger partial charge in [0.25, 0.3) is 0 Å². The van der Waals surface area contributed by atoms with E-state index in [1.807, 2.05) is 30.3 Å². The first-order valence-corrected chi connectivity index (χ1v) is 7.34. The van der Waals surface area contributed by atoms with Gasteiger partial charge in [0.15, 0.2) is 0 Å². The van der Waals surface area contributed by atoms with Gasteiger partial charge in [0, 0.05) is 32.4 Å². The molecule has 0 saturated heterocycles. The molecule has 0 amide bonds. The van der Waals surface area contributed by atoms with E-state index in [1.165, 1.54) is 24.5 Å². The van der Waals surface area contributed by atoms with Crippen molar-refractivity contribution in [3.05, 3.63) is 59.5 Å². The smallest absolute Gasteiger partial charge is 0.128 e. The molecule has 0 aliphatic heterocycles. The topological polar surface area (TPSA) is 28.2 Å². The van der Waals surface area contributed by atoms with Crippen LogP contribution in [0.15, 0.2) is 42.6 Å². The Balaban J connectivity index is 1.59. The lowest BCUT2D eigenvalue weighted by atomic mass is 10.2. The van der Waals surface area contributed by atoms with E-state index in [1.54, 1.807) is 12.1 Å². The number of nitrogens with zero attached hydrogens (tertiary/aromatic N) is 2. The monoisotopic (exact) mass is 285 g/mol. The number of hydrogen-bond acceptors (Lipinski definition) is 3. The summed E-state index contributed by atoms with van der Waals surface area (Å²) in [7, 11) is 1.97. The molecule has 1 aromatic carbocycles. The Bertz CT molecular complexity index is 593. The van der Waals surface area contributed by atoms with Crippen LogP contribution in [0.3, 0.4) is 0 Å². The molecule has 110 valence electrons. The number of nitrogens with one attached hydrogen (secondary N) is 1. The molecule has 1 heterocycles. The first-order chi connectivity index (χ1) is 10.2. The fourth-order valence-corrected chi connectivity index (χ4v) is 2.29. The Morgan fingerprint density at radius 1 is 1.24 bits per heavy atom. The Hall–Kier alpha value is -1.94. The summed E-state index contributed by atoms with van der Waals surface area (Å²) in [6.07, 6.45) is 4.50. The van der Waals surface area contributed by atoms with Gasteiger partial charge >= 0.3 is 0 Å². The lowest BCUT2D eigenvalue weighted by Crippen LogP contribution is -2.18. The molecule has 1 saturated carbocycles. The number of halogens is 1. The number of hydrogen-bond donors (Lipinski definition) is 1. The molecule has 0 spiro atoms. The Kier molecular flexibility index (Phi) is 4.15. The van der Waals surface area contributed by atoms with Gasteiger partial charge in [0.1, 0.15) is 11.6 Å². The molecular formula is C17H20FN3. The van der Waals surface area contributed by atoms with Crippen molar-refractivity contribution in [2.45, 2.75) is 32.0 Å². The maximum Gasteiger partial charge on any atom is 0.128 e. The predicted molar refractivity (Wildman–Crippen MR) is 82.6 cm³/mol. The molecule has 0 unspecified atom stereocenters. The van der Waals surface area contributed by atoms with Crippen LogP contribution in [0.25, 0.3) is 0 Å². The maximum absolute atomic E-state index is 13.2. The number of rotatable bonds is 6. The molecule has 1 N–H and O–H groups in total. The molecule has 21 heavy (non-hydrogen) atoms. The second-order valence-electron chi connectivity index (χ2n) is 5.67. The van der Waals surface area contributed by atoms with E-state index >= 15 is 0 Å². The largest absolute Gasteiger partial charge is 0.355 e. The molecule has 4 heteroatoms. The van der Waals surface area contributed by atoms with Crippen LogP contribution in [-0.2, 0) is 13.1 Å². The van der Waals surface area contributed by atoms with Gasteiger partial charge in [-0.25, -0.2) is 9.37 Å². The second-order valence-corrected chi connectivity index (χ2v) is 5.67. The normalized spacial score (nSPS) is 14.2. The van der Waals surface area contributed by atoms with Crippen LogP contribution >= 0.6 is 0 Å². The van der Waals surface area contributed by atoms with Crippen molar-refractivity contribution >= 4 is 5.82 Å². The fourth-order valence-electron chi connectivity index (χ4n) is 2.29. The quantitative estimate of drug-likeness (QED) is 0.884.